The topological polar surface area (TPSA) is 56.8 Å². The van der Waals surface area contributed by atoms with E-state index in [1.54, 1.807) is 21.1 Å². The third-order valence-electron chi connectivity index (χ3n) is 3.38. The lowest BCUT2D eigenvalue weighted by Gasteiger charge is -2.22. The highest BCUT2D eigenvalue weighted by Crippen LogP contribution is 2.33. The summed E-state index contributed by atoms with van der Waals surface area (Å²) < 4.78 is 15.5. The molecule has 0 aliphatic carbocycles. The van der Waals surface area contributed by atoms with Gasteiger partial charge in [0.2, 0.25) is 0 Å². The van der Waals surface area contributed by atoms with Gasteiger partial charge in [0, 0.05) is 12.5 Å². The normalized spacial score (nSPS) is 11.9. The van der Waals surface area contributed by atoms with Gasteiger partial charge in [-0.2, -0.15) is 0 Å². The Labute approximate surface area is 126 Å². The van der Waals surface area contributed by atoms with Gasteiger partial charge < -0.3 is 19.5 Å². The van der Waals surface area contributed by atoms with Gasteiger partial charge in [-0.3, -0.25) is 0 Å². The van der Waals surface area contributed by atoms with Gasteiger partial charge in [-0.25, -0.2) is 4.79 Å². The van der Waals surface area contributed by atoms with E-state index in [-0.39, 0.29) is 12.0 Å². The molecule has 0 aliphatic heterocycles. The van der Waals surface area contributed by atoms with Crippen LogP contribution in [0.3, 0.4) is 0 Å². The van der Waals surface area contributed by atoms with Crippen LogP contribution >= 0.6 is 0 Å². The molecule has 1 N–H and O–H groups in total. The molecule has 0 aromatic heterocycles. The van der Waals surface area contributed by atoms with Crippen LogP contribution in [-0.2, 0) is 4.74 Å². The number of carbonyl (C=O) groups excluding carboxylic acids is 1. The Morgan fingerprint density at radius 2 is 1.86 bits per heavy atom. The molecule has 118 valence electrons. The predicted octanol–water partition coefficient (Wildman–Crippen LogP) is 3.19. The molecule has 1 rings (SSSR count). The molecule has 0 saturated carbocycles. The van der Waals surface area contributed by atoms with Crippen molar-refractivity contribution in [3.63, 3.8) is 0 Å². The van der Waals surface area contributed by atoms with Crippen molar-refractivity contribution < 1.29 is 19.0 Å². The number of hydrogen-bond donors (Lipinski definition) is 1. The number of hydrogen-bond acceptors (Lipinski definition) is 4. The van der Waals surface area contributed by atoms with Crippen molar-refractivity contribution in [2.45, 2.75) is 26.7 Å². The number of amides is 1. The van der Waals surface area contributed by atoms with Gasteiger partial charge in [0.1, 0.15) is 0 Å². The Balaban J connectivity index is 2.87. The zero-order chi connectivity index (χ0) is 15.8. The van der Waals surface area contributed by atoms with Gasteiger partial charge >= 0.3 is 6.09 Å². The summed E-state index contributed by atoms with van der Waals surface area (Å²) in [6.07, 6.45) is -0.386. The van der Waals surface area contributed by atoms with E-state index in [0.29, 0.717) is 30.6 Å². The van der Waals surface area contributed by atoms with Crippen LogP contribution in [0.15, 0.2) is 18.2 Å². The number of benzene rings is 1. The fraction of sp³-hybridized carbons (Fsp3) is 0.562. The van der Waals surface area contributed by atoms with Crippen molar-refractivity contribution in [3.8, 4) is 11.5 Å². The average Bonchev–Trinajstić information content (AvgIpc) is 2.47. The first-order chi connectivity index (χ1) is 10.0. The van der Waals surface area contributed by atoms with E-state index in [1.165, 1.54) is 0 Å². The Morgan fingerprint density at radius 1 is 1.19 bits per heavy atom. The van der Waals surface area contributed by atoms with E-state index in [9.17, 15) is 4.79 Å². The molecular weight excluding hydrogens is 270 g/mol. The highest BCUT2D eigenvalue weighted by Gasteiger charge is 2.19. The van der Waals surface area contributed by atoms with Crippen LogP contribution in [0.5, 0.6) is 11.5 Å². The highest BCUT2D eigenvalue weighted by atomic mass is 16.5. The lowest BCUT2D eigenvalue weighted by atomic mass is 9.88. The van der Waals surface area contributed by atoms with Crippen molar-refractivity contribution in [1.29, 1.82) is 0 Å². The standard InChI is InChI=1S/C16H25NO4/c1-6-21-16(18)17-10-13(11(2)3)12-7-8-14(19-4)15(9-12)20-5/h7-9,11,13H,6,10H2,1-5H3,(H,17,18). The van der Waals surface area contributed by atoms with E-state index in [4.69, 9.17) is 14.2 Å². The first-order valence-corrected chi connectivity index (χ1v) is 7.16. The summed E-state index contributed by atoms with van der Waals surface area (Å²) in [4.78, 5) is 11.4. The molecule has 21 heavy (non-hydrogen) atoms. The van der Waals surface area contributed by atoms with E-state index in [2.05, 4.69) is 19.2 Å². The number of carbonyl (C=O) groups is 1. The van der Waals surface area contributed by atoms with E-state index in [1.807, 2.05) is 18.2 Å². The second kappa shape index (κ2) is 8.39. The Kier molecular flexibility index (Phi) is 6.85. The molecule has 1 aromatic rings. The maximum absolute atomic E-state index is 11.4. The molecule has 5 heteroatoms. The zero-order valence-electron chi connectivity index (χ0n) is 13.4. The number of ether oxygens (including phenoxy) is 3. The summed E-state index contributed by atoms with van der Waals surface area (Å²) in [5.41, 5.74) is 1.10. The summed E-state index contributed by atoms with van der Waals surface area (Å²) in [5, 5.41) is 2.80. The Bertz CT molecular complexity index is 460. The van der Waals surface area contributed by atoms with Crippen LogP contribution in [0, 0.1) is 5.92 Å². The van der Waals surface area contributed by atoms with Crippen molar-refractivity contribution in [1.82, 2.24) is 5.32 Å². The van der Waals surface area contributed by atoms with E-state index in [0.717, 1.165) is 5.56 Å². The summed E-state index contributed by atoms with van der Waals surface area (Å²) in [5.74, 6) is 1.93. The first kappa shape index (κ1) is 17.1. The highest BCUT2D eigenvalue weighted by molar-refractivity contribution is 5.67. The quantitative estimate of drug-likeness (QED) is 0.839. The van der Waals surface area contributed by atoms with E-state index >= 15 is 0 Å². The largest absolute Gasteiger partial charge is 0.493 e. The van der Waals surface area contributed by atoms with Crippen LogP contribution in [0.1, 0.15) is 32.3 Å². The molecule has 1 aromatic carbocycles. The van der Waals surface area contributed by atoms with E-state index < -0.39 is 0 Å². The second-order valence-corrected chi connectivity index (χ2v) is 5.07. The lowest BCUT2D eigenvalue weighted by Crippen LogP contribution is -2.30. The monoisotopic (exact) mass is 295 g/mol. The Morgan fingerprint density at radius 3 is 2.38 bits per heavy atom. The minimum absolute atomic E-state index is 0.175. The van der Waals surface area contributed by atoms with Gasteiger partial charge in [-0.05, 0) is 30.5 Å². The summed E-state index contributed by atoms with van der Waals surface area (Å²) in [6, 6.07) is 5.84. The third kappa shape index (κ3) is 4.85. The molecule has 0 fully saturated rings. The minimum atomic E-state index is -0.386. The second-order valence-electron chi connectivity index (χ2n) is 5.07. The zero-order valence-corrected chi connectivity index (χ0v) is 13.4. The van der Waals surface area contributed by atoms with Crippen molar-refractivity contribution in [3.05, 3.63) is 23.8 Å². The van der Waals surface area contributed by atoms with Crippen LogP contribution < -0.4 is 14.8 Å². The molecule has 0 spiro atoms. The SMILES string of the molecule is CCOC(=O)NCC(c1ccc(OC)c(OC)c1)C(C)C. The Hall–Kier alpha value is -1.91. The molecule has 0 saturated heterocycles. The molecular formula is C16H25NO4. The van der Waals surface area contributed by atoms with Gasteiger partial charge in [0.25, 0.3) is 0 Å². The van der Waals surface area contributed by atoms with Gasteiger partial charge in [0.15, 0.2) is 11.5 Å². The smallest absolute Gasteiger partial charge is 0.407 e. The fourth-order valence-electron chi connectivity index (χ4n) is 2.20. The lowest BCUT2D eigenvalue weighted by molar-refractivity contribution is 0.151. The maximum Gasteiger partial charge on any atom is 0.407 e. The molecule has 0 heterocycles. The van der Waals surface area contributed by atoms with Gasteiger partial charge in [0.05, 0.1) is 20.8 Å². The fourth-order valence-corrected chi connectivity index (χ4v) is 2.20. The molecule has 1 unspecified atom stereocenters. The van der Waals surface area contributed by atoms with Crippen LogP contribution in [-0.4, -0.2) is 33.5 Å². The first-order valence-electron chi connectivity index (χ1n) is 7.16. The summed E-state index contributed by atoms with van der Waals surface area (Å²) in [6.45, 7) is 6.91. The number of alkyl carbamates (subject to hydrolysis) is 1. The molecule has 0 radical (unpaired) electrons. The van der Waals surface area contributed by atoms with Crippen LogP contribution in [0.4, 0.5) is 4.79 Å². The van der Waals surface area contributed by atoms with Gasteiger partial charge in [-0.15, -0.1) is 0 Å². The van der Waals surface area contributed by atoms with Crippen LogP contribution in [0.25, 0.3) is 0 Å². The molecule has 0 aliphatic rings. The third-order valence-corrected chi connectivity index (χ3v) is 3.38. The van der Waals surface area contributed by atoms with Crippen molar-refractivity contribution in [2.75, 3.05) is 27.4 Å². The van der Waals surface area contributed by atoms with Crippen molar-refractivity contribution >= 4 is 6.09 Å². The average molecular weight is 295 g/mol. The van der Waals surface area contributed by atoms with Crippen molar-refractivity contribution in [2.24, 2.45) is 5.92 Å². The molecule has 1 amide bonds. The summed E-state index contributed by atoms with van der Waals surface area (Å²) in [7, 11) is 3.22. The minimum Gasteiger partial charge on any atom is -0.493 e. The molecule has 5 nitrogen and oxygen atoms in total. The van der Waals surface area contributed by atoms with Crippen LogP contribution in [0.2, 0.25) is 0 Å². The molecule has 0 bridgehead atoms. The number of nitrogens with one attached hydrogen (secondary N) is 1. The molecule has 1 atom stereocenters. The predicted molar refractivity (Wildman–Crippen MR) is 82.1 cm³/mol. The van der Waals surface area contributed by atoms with Gasteiger partial charge in [-0.1, -0.05) is 19.9 Å². The number of methoxy groups -OCH3 is 2. The maximum atomic E-state index is 11.4. The number of rotatable bonds is 7. The summed E-state index contributed by atoms with van der Waals surface area (Å²) >= 11 is 0.